The van der Waals surface area contributed by atoms with Gasteiger partial charge in [0.05, 0.1) is 18.1 Å². The van der Waals surface area contributed by atoms with Gasteiger partial charge in [0.1, 0.15) is 18.1 Å². The quantitative estimate of drug-likeness (QED) is 0.688. The zero-order valence-corrected chi connectivity index (χ0v) is 13.9. The van der Waals surface area contributed by atoms with E-state index in [4.69, 9.17) is 0 Å². The molecule has 0 fully saturated rings. The van der Waals surface area contributed by atoms with Crippen LogP contribution in [0.3, 0.4) is 0 Å². The molecule has 0 unspecified atom stereocenters. The molecule has 8 heteroatoms. The van der Waals surface area contributed by atoms with Gasteiger partial charge in [0.2, 0.25) is 5.91 Å². The predicted molar refractivity (Wildman–Crippen MR) is 89.6 cm³/mol. The van der Waals surface area contributed by atoms with E-state index in [-0.39, 0.29) is 12.5 Å². The Morgan fingerprint density at radius 3 is 3.00 bits per heavy atom. The van der Waals surface area contributed by atoms with E-state index in [2.05, 4.69) is 32.3 Å². The van der Waals surface area contributed by atoms with Gasteiger partial charge in [-0.3, -0.25) is 14.0 Å². The summed E-state index contributed by atoms with van der Waals surface area (Å²) in [6, 6.07) is 0. The predicted octanol–water partition coefficient (Wildman–Crippen LogP) is 1.55. The van der Waals surface area contributed by atoms with Crippen molar-refractivity contribution in [2.45, 2.75) is 32.7 Å². The summed E-state index contributed by atoms with van der Waals surface area (Å²) in [5.74, 6) is 1.64. The van der Waals surface area contributed by atoms with Gasteiger partial charge in [-0.1, -0.05) is 13.3 Å². The molecule has 2 N–H and O–H groups in total. The minimum absolute atomic E-state index is 0.0929. The maximum absolute atomic E-state index is 11.5. The first-order chi connectivity index (χ1) is 11.7. The third-order valence-corrected chi connectivity index (χ3v) is 3.76. The van der Waals surface area contributed by atoms with Crippen LogP contribution in [0.15, 0.2) is 31.0 Å². The first kappa shape index (κ1) is 16.0. The number of nitrogens with zero attached hydrogens (tertiary/aromatic N) is 5. The molecule has 0 aliphatic carbocycles. The molecule has 24 heavy (non-hydrogen) atoms. The molecule has 0 radical (unpaired) electrons. The van der Waals surface area contributed by atoms with Crippen LogP contribution in [0.25, 0.3) is 17.2 Å². The molecule has 0 aliphatic rings. The van der Waals surface area contributed by atoms with Crippen LogP contribution in [0.4, 0.5) is 0 Å². The standard InChI is InChI=1S/C16H21N7O/c1-3-4-5-14-19-9-13(21-14)16-18-6-7-23(16)12-8-20-22(10-12)11-15(24)17-2/h6-10H,3-5,11H2,1-2H3,(H,17,24)(H,19,21). The molecule has 0 atom stereocenters. The molecule has 0 saturated heterocycles. The number of hydrogen-bond acceptors (Lipinski definition) is 4. The Bertz CT molecular complexity index is 814. The van der Waals surface area contributed by atoms with Crippen LogP contribution >= 0.6 is 0 Å². The van der Waals surface area contributed by atoms with Gasteiger partial charge in [-0.05, 0) is 6.42 Å². The molecule has 126 valence electrons. The number of nitrogens with one attached hydrogen (secondary N) is 2. The number of H-pyrrole nitrogens is 1. The first-order valence-corrected chi connectivity index (χ1v) is 8.02. The Morgan fingerprint density at radius 2 is 2.21 bits per heavy atom. The molecule has 0 aromatic carbocycles. The smallest absolute Gasteiger partial charge is 0.241 e. The van der Waals surface area contributed by atoms with Gasteiger partial charge in [0, 0.05) is 32.1 Å². The van der Waals surface area contributed by atoms with Crippen molar-refractivity contribution in [3.05, 3.63) is 36.8 Å². The number of carbonyl (C=O) groups excluding carboxylic acids is 1. The maximum atomic E-state index is 11.5. The Balaban J connectivity index is 1.82. The molecular weight excluding hydrogens is 306 g/mol. The van der Waals surface area contributed by atoms with Crippen molar-refractivity contribution in [1.29, 1.82) is 0 Å². The van der Waals surface area contributed by atoms with Crippen molar-refractivity contribution >= 4 is 5.91 Å². The second-order valence-electron chi connectivity index (χ2n) is 5.54. The summed E-state index contributed by atoms with van der Waals surface area (Å²) < 4.78 is 3.52. The number of aromatic amines is 1. The SMILES string of the molecule is CCCCc1ncc(-c2nccn2-c2cnn(CC(=O)NC)c2)[nH]1. The number of hydrogen-bond donors (Lipinski definition) is 2. The van der Waals surface area contributed by atoms with Crippen LogP contribution in [0.5, 0.6) is 0 Å². The van der Waals surface area contributed by atoms with Gasteiger partial charge in [-0.2, -0.15) is 5.10 Å². The lowest BCUT2D eigenvalue weighted by Gasteiger charge is -2.03. The Labute approximate surface area is 139 Å². The van der Waals surface area contributed by atoms with Gasteiger partial charge < -0.3 is 10.3 Å². The van der Waals surface area contributed by atoms with E-state index in [9.17, 15) is 4.79 Å². The van der Waals surface area contributed by atoms with Gasteiger partial charge in [0.25, 0.3) is 0 Å². The lowest BCUT2D eigenvalue weighted by molar-refractivity contribution is -0.121. The van der Waals surface area contributed by atoms with E-state index in [1.807, 2.05) is 17.0 Å². The van der Waals surface area contributed by atoms with Gasteiger partial charge in [-0.15, -0.1) is 0 Å². The maximum Gasteiger partial charge on any atom is 0.241 e. The Kier molecular flexibility index (Phi) is 4.74. The lowest BCUT2D eigenvalue weighted by atomic mass is 10.2. The van der Waals surface area contributed by atoms with Crippen LogP contribution in [-0.4, -0.2) is 42.3 Å². The van der Waals surface area contributed by atoms with Crippen LogP contribution in [0, 0.1) is 0 Å². The molecule has 3 aromatic heterocycles. The second-order valence-corrected chi connectivity index (χ2v) is 5.54. The number of carbonyl (C=O) groups is 1. The fourth-order valence-corrected chi connectivity index (χ4v) is 2.45. The molecule has 3 rings (SSSR count). The molecule has 1 amide bonds. The van der Waals surface area contributed by atoms with E-state index in [1.165, 1.54) is 0 Å². The fraction of sp³-hybridized carbons (Fsp3) is 0.375. The molecule has 3 aromatic rings. The molecule has 3 heterocycles. The minimum Gasteiger partial charge on any atom is -0.358 e. The molecule has 0 saturated carbocycles. The zero-order chi connectivity index (χ0) is 16.9. The van der Waals surface area contributed by atoms with Crippen molar-refractivity contribution in [2.75, 3.05) is 7.05 Å². The highest BCUT2D eigenvalue weighted by Gasteiger charge is 2.12. The van der Waals surface area contributed by atoms with Crippen LogP contribution in [0.2, 0.25) is 0 Å². The van der Waals surface area contributed by atoms with Crippen molar-refractivity contribution in [3.63, 3.8) is 0 Å². The Hall–Kier alpha value is -2.90. The van der Waals surface area contributed by atoms with Crippen molar-refractivity contribution in [2.24, 2.45) is 0 Å². The summed E-state index contributed by atoms with van der Waals surface area (Å²) in [7, 11) is 1.61. The van der Waals surface area contributed by atoms with E-state index < -0.39 is 0 Å². The number of unbranched alkanes of at least 4 members (excludes halogenated alkanes) is 1. The number of amides is 1. The summed E-state index contributed by atoms with van der Waals surface area (Å²) in [4.78, 5) is 23.6. The third kappa shape index (κ3) is 3.37. The largest absolute Gasteiger partial charge is 0.358 e. The van der Waals surface area contributed by atoms with Crippen molar-refractivity contribution in [3.8, 4) is 17.2 Å². The number of aromatic nitrogens is 6. The Morgan fingerprint density at radius 1 is 1.33 bits per heavy atom. The third-order valence-electron chi connectivity index (χ3n) is 3.76. The van der Waals surface area contributed by atoms with Crippen molar-refractivity contribution < 1.29 is 4.79 Å². The summed E-state index contributed by atoms with van der Waals surface area (Å²) in [5.41, 5.74) is 1.71. The van der Waals surface area contributed by atoms with Gasteiger partial charge in [0.15, 0.2) is 5.82 Å². The van der Waals surface area contributed by atoms with Crippen LogP contribution < -0.4 is 5.32 Å². The number of likely N-dealkylation sites (N-methyl/N-ethyl adjacent to an activating group) is 1. The van der Waals surface area contributed by atoms with E-state index in [0.717, 1.165) is 42.3 Å². The summed E-state index contributed by atoms with van der Waals surface area (Å²) >= 11 is 0. The van der Waals surface area contributed by atoms with Gasteiger partial charge in [-0.25, -0.2) is 9.97 Å². The molecule has 0 bridgehead atoms. The highest BCUT2D eigenvalue weighted by atomic mass is 16.1. The minimum atomic E-state index is -0.0929. The topological polar surface area (TPSA) is 93.4 Å². The summed E-state index contributed by atoms with van der Waals surface area (Å²) in [5, 5.41) is 6.80. The zero-order valence-electron chi connectivity index (χ0n) is 13.9. The van der Waals surface area contributed by atoms with Gasteiger partial charge >= 0.3 is 0 Å². The average Bonchev–Trinajstić information content (AvgIpc) is 3.31. The second kappa shape index (κ2) is 7.12. The molecule has 8 nitrogen and oxygen atoms in total. The lowest BCUT2D eigenvalue weighted by Crippen LogP contribution is -2.23. The average molecular weight is 327 g/mol. The van der Waals surface area contributed by atoms with Crippen molar-refractivity contribution in [1.82, 2.24) is 34.6 Å². The monoisotopic (exact) mass is 327 g/mol. The number of aryl methyl sites for hydroxylation is 1. The number of imidazole rings is 2. The summed E-state index contributed by atoms with van der Waals surface area (Å²) in [6.07, 6.45) is 12.1. The highest BCUT2D eigenvalue weighted by Crippen LogP contribution is 2.20. The summed E-state index contributed by atoms with van der Waals surface area (Å²) in [6.45, 7) is 2.35. The first-order valence-electron chi connectivity index (χ1n) is 8.02. The molecule has 0 aliphatic heterocycles. The normalized spacial score (nSPS) is 10.9. The van der Waals surface area contributed by atoms with E-state index in [1.54, 1.807) is 30.3 Å². The molecule has 0 spiro atoms. The highest BCUT2D eigenvalue weighted by molar-refractivity contribution is 5.75. The fourth-order valence-electron chi connectivity index (χ4n) is 2.45. The van der Waals surface area contributed by atoms with Crippen LogP contribution in [-0.2, 0) is 17.8 Å². The van der Waals surface area contributed by atoms with E-state index in [0.29, 0.717) is 0 Å². The van der Waals surface area contributed by atoms with E-state index >= 15 is 0 Å². The number of rotatable bonds is 7. The molecular formula is C16H21N7O. The van der Waals surface area contributed by atoms with Crippen LogP contribution in [0.1, 0.15) is 25.6 Å².